The average Bonchev–Trinajstić information content (AvgIpc) is 2.34. The van der Waals surface area contributed by atoms with Crippen LogP contribution in [0.15, 0.2) is 12.1 Å². The van der Waals surface area contributed by atoms with Crippen molar-refractivity contribution in [3.63, 3.8) is 0 Å². The maximum atomic E-state index is 2.24. The van der Waals surface area contributed by atoms with Gasteiger partial charge in [0.1, 0.15) is 0 Å². The maximum absolute atomic E-state index is 2.24. The fourth-order valence-corrected chi connectivity index (χ4v) is 1.85. The van der Waals surface area contributed by atoms with Gasteiger partial charge >= 0.3 is 0 Å². The molecular weight excluding hydrogens is 139 g/mol. The minimum absolute atomic E-state index is 0.699. The molecule has 0 radical (unpaired) electrons. The molecule has 0 fully saturated rings. The molecular formula is C8H13BS. The van der Waals surface area contributed by atoms with Crippen LogP contribution in [0.1, 0.15) is 24.6 Å². The summed E-state index contributed by atoms with van der Waals surface area (Å²) in [5.74, 6) is 0.699. The van der Waals surface area contributed by atoms with Crippen LogP contribution >= 0.6 is 11.3 Å². The highest BCUT2D eigenvalue weighted by Gasteiger charge is 2.01. The Kier molecular flexibility index (Phi) is 2.55. The second kappa shape index (κ2) is 3.24. The van der Waals surface area contributed by atoms with Crippen molar-refractivity contribution in [2.45, 2.75) is 26.6 Å². The van der Waals surface area contributed by atoms with Crippen LogP contribution in [0, 0.1) is 0 Å². The molecule has 0 aliphatic carbocycles. The van der Waals surface area contributed by atoms with Gasteiger partial charge < -0.3 is 0 Å². The number of hydrogen-bond donors (Lipinski definition) is 0. The topological polar surface area (TPSA) is 0 Å². The van der Waals surface area contributed by atoms with Gasteiger partial charge in [0, 0.05) is 4.88 Å². The minimum atomic E-state index is 0.699. The van der Waals surface area contributed by atoms with Gasteiger partial charge in [-0.15, -0.1) is 0 Å². The number of hydrogen-bond acceptors (Lipinski definition) is 1. The fourth-order valence-electron chi connectivity index (χ4n) is 0.895. The smallest absolute Gasteiger partial charge is 0.156 e. The molecule has 2 heteroatoms. The van der Waals surface area contributed by atoms with Gasteiger partial charge in [0.2, 0.25) is 0 Å². The second-order valence-electron chi connectivity index (χ2n) is 2.81. The highest BCUT2D eigenvalue weighted by molar-refractivity contribution is 7.21. The Hall–Kier alpha value is -0.235. The molecule has 0 saturated carbocycles. The van der Waals surface area contributed by atoms with Crippen LogP contribution in [0.3, 0.4) is 0 Å². The molecule has 0 bridgehead atoms. The first-order valence-electron chi connectivity index (χ1n) is 3.82. The summed E-state index contributed by atoms with van der Waals surface area (Å²) < 4.78 is 1.50. The zero-order valence-corrected chi connectivity index (χ0v) is 7.66. The van der Waals surface area contributed by atoms with Crippen molar-refractivity contribution in [1.29, 1.82) is 0 Å². The van der Waals surface area contributed by atoms with E-state index < -0.39 is 0 Å². The fraction of sp³-hybridized carbons (Fsp3) is 0.500. The molecule has 0 nitrogen and oxygen atoms in total. The summed E-state index contributed by atoms with van der Waals surface area (Å²) in [6.07, 6.45) is 0. The molecule has 0 spiro atoms. The van der Waals surface area contributed by atoms with E-state index in [2.05, 4.69) is 32.8 Å². The zero-order chi connectivity index (χ0) is 7.56. The molecule has 10 heavy (non-hydrogen) atoms. The SMILES string of the molecule is CBc1ccc(C(C)C)s1. The summed E-state index contributed by atoms with van der Waals surface area (Å²) in [6.45, 7) is 6.69. The molecule has 0 unspecified atom stereocenters. The van der Waals surface area contributed by atoms with E-state index in [-0.39, 0.29) is 0 Å². The van der Waals surface area contributed by atoms with E-state index in [0.29, 0.717) is 5.92 Å². The van der Waals surface area contributed by atoms with Gasteiger partial charge in [0.15, 0.2) is 7.28 Å². The lowest BCUT2D eigenvalue weighted by Crippen LogP contribution is -2.02. The first kappa shape index (κ1) is 7.87. The Balaban J connectivity index is 2.78. The molecule has 0 aliphatic rings. The van der Waals surface area contributed by atoms with Gasteiger partial charge in [-0.3, -0.25) is 0 Å². The maximum Gasteiger partial charge on any atom is 0.167 e. The van der Waals surface area contributed by atoms with Crippen molar-refractivity contribution in [3.8, 4) is 0 Å². The van der Waals surface area contributed by atoms with Crippen LogP contribution in [0.25, 0.3) is 0 Å². The van der Waals surface area contributed by atoms with E-state index in [1.807, 2.05) is 11.3 Å². The van der Waals surface area contributed by atoms with Gasteiger partial charge in [0.25, 0.3) is 0 Å². The van der Waals surface area contributed by atoms with Gasteiger partial charge in [-0.05, 0) is 16.8 Å². The summed E-state index contributed by atoms with van der Waals surface area (Å²) in [5.41, 5.74) is 0. The van der Waals surface area contributed by atoms with E-state index in [4.69, 9.17) is 0 Å². The third-order valence-electron chi connectivity index (χ3n) is 1.60. The molecule has 0 amide bonds. The minimum Gasteiger partial charge on any atom is -0.156 e. The lowest BCUT2D eigenvalue weighted by molar-refractivity contribution is 0.890. The van der Waals surface area contributed by atoms with E-state index in [1.54, 1.807) is 0 Å². The standard InChI is InChI=1S/C8H13BS/c1-6(2)7-4-5-8(9-3)10-7/h4-6,9H,1-3H3. The zero-order valence-electron chi connectivity index (χ0n) is 6.85. The van der Waals surface area contributed by atoms with E-state index in [1.165, 1.54) is 16.9 Å². The van der Waals surface area contributed by atoms with Crippen molar-refractivity contribution in [3.05, 3.63) is 17.0 Å². The van der Waals surface area contributed by atoms with Crippen LogP contribution in [-0.2, 0) is 0 Å². The van der Waals surface area contributed by atoms with Crippen molar-refractivity contribution < 1.29 is 0 Å². The molecule has 1 rings (SSSR count). The molecule has 1 aromatic heterocycles. The highest BCUT2D eigenvalue weighted by Crippen LogP contribution is 2.17. The Labute approximate surface area is 67.5 Å². The van der Waals surface area contributed by atoms with E-state index in [9.17, 15) is 0 Å². The van der Waals surface area contributed by atoms with Gasteiger partial charge in [-0.2, -0.15) is 11.3 Å². The third kappa shape index (κ3) is 1.63. The van der Waals surface area contributed by atoms with Crippen molar-refractivity contribution in [2.75, 3.05) is 0 Å². The first-order chi connectivity index (χ1) is 4.74. The molecule has 0 N–H and O–H groups in total. The molecule has 1 heterocycles. The molecule has 0 atom stereocenters. The normalized spacial score (nSPS) is 10.4. The Bertz CT molecular complexity index is 203. The predicted octanol–water partition coefficient (Wildman–Crippen LogP) is 1.98. The summed E-state index contributed by atoms with van der Waals surface area (Å²) in [7, 11) is 1.18. The lowest BCUT2D eigenvalue weighted by atomic mass is 9.81. The summed E-state index contributed by atoms with van der Waals surface area (Å²) >= 11 is 1.94. The largest absolute Gasteiger partial charge is 0.167 e. The van der Waals surface area contributed by atoms with Crippen LogP contribution in [0.5, 0.6) is 0 Å². The van der Waals surface area contributed by atoms with Gasteiger partial charge in [-0.25, -0.2) is 0 Å². The van der Waals surface area contributed by atoms with E-state index in [0.717, 1.165) is 0 Å². The number of thiophene rings is 1. The second-order valence-corrected chi connectivity index (χ2v) is 4.01. The predicted molar refractivity (Wildman–Crippen MR) is 51.1 cm³/mol. The molecule has 0 aliphatic heterocycles. The quantitative estimate of drug-likeness (QED) is 0.568. The molecule has 54 valence electrons. The summed E-state index contributed by atoms with van der Waals surface area (Å²) in [6, 6.07) is 4.48. The molecule has 0 aromatic carbocycles. The third-order valence-corrected chi connectivity index (χ3v) is 3.13. The summed E-state index contributed by atoms with van der Waals surface area (Å²) in [4.78, 5) is 1.51. The molecule has 0 saturated heterocycles. The van der Waals surface area contributed by atoms with Gasteiger partial charge in [-0.1, -0.05) is 26.7 Å². The van der Waals surface area contributed by atoms with Crippen molar-refractivity contribution in [1.82, 2.24) is 0 Å². The first-order valence-corrected chi connectivity index (χ1v) is 4.64. The van der Waals surface area contributed by atoms with E-state index >= 15 is 0 Å². The van der Waals surface area contributed by atoms with Gasteiger partial charge in [0.05, 0.1) is 0 Å². The Morgan fingerprint density at radius 3 is 2.40 bits per heavy atom. The molecule has 1 aromatic rings. The summed E-state index contributed by atoms with van der Waals surface area (Å²) in [5, 5.41) is 0. The van der Waals surface area contributed by atoms with Crippen LogP contribution in [0.4, 0.5) is 0 Å². The Morgan fingerprint density at radius 1 is 1.40 bits per heavy atom. The highest BCUT2D eigenvalue weighted by atomic mass is 32.1. The van der Waals surface area contributed by atoms with Crippen LogP contribution in [-0.4, -0.2) is 7.28 Å². The van der Waals surface area contributed by atoms with Crippen LogP contribution in [0.2, 0.25) is 6.82 Å². The average molecular weight is 152 g/mol. The van der Waals surface area contributed by atoms with Crippen LogP contribution < -0.4 is 4.78 Å². The van der Waals surface area contributed by atoms with Crippen molar-refractivity contribution in [2.24, 2.45) is 0 Å². The lowest BCUT2D eigenvalue weighted by Gasteiger charge is -1.96. The monoisotopic (exact) mass is 152 g/mol. The number of rotatable bonds is 2. The Morgan fingerprint density at radius 2 is 2.10 bits per heavy atom. The van der Waals surface area contributed by atoms with Crippen molar-refractivity contribution >= 4 is 23.4 Å².